The topological polar surface area (TPSA) is 136 Å². The fraction of sp³-hybridized carbons (Fsp3) is 0.462. The molecule has 0 spiro atoms. The molecule has 268 valence electrons. The fourth-order valence-corrected chi connectivity index (χ4v) is 8.62. The summed E-state index contributed by atoms with van der Waals surface area (Å²) in [6.07, 6.45) is 7.89. The Hall–Kier alpha value is -4.42. The number of aromatic nitrogens is 4. The van der Waals surface area contributed by atoms with Gasteiger partial charge in [-0.15, -0.1) is 0 Å². The highest BCUT2D eigenvalue weighted by Crippen LogP contribution is 2.43. The van der Waals surface area contributed by atoms with Crippen molar-refractivity contribution >= 4 is 21.9 Å². The van der Waals surface area contributed by atoms with E-state index >= 15 is 0 Å². The van der Waals surface area contributed by atoms with E-state index < -0.39 is 10.0 Å². The van der Waals surface area contributed by atoms with Crippen LogP contribution in [0.1, 0.15) is 97.6 Å². The lowest BCUT2D eigenvalue weighted by atomic mass is 9.74. The Labute approximate surface area is 300 Å². The van der Waals surface area contributed by atoms with Gasteiger partial charge in [0, 0.05) is 60.7 Å². The predicted octanol–water partition coefficient (Wildman–Crippen LogP) is 6.83. The zero-order valence-corrected chi connectivity index (χ0v) is 30.7. The maximum Gasteiger partial charge on any atom is 0.264 e. The summed E-state index contributed by atoms with van der Waals surface area (Å²) in [6, 6.07) is 13.3. The first-order chi connectivity index (χ1) is 24.4. The van der Waals surface area contributed by atoms with Crippen molar-refractivity contribution in [1.82, 2.24) is 24.8 Å². The van der Waals surface area contributed by atoms with Crippen LogP contribution in [0.3, 0.4) is 0 Å². The molecular formula is C39H46N6O5S. The average Bonchev–Trinajstić information content (AvgIpc) is 3.08. The number of hydrogen-bond acceptors (Lipinski definition) is 9. The highest BCUT2D eigenvalue weighted by Gasteiger charge is 2.44. The molecule has 4 aromatic rings. The molecule has 3 atom stereocenters. The second-order valence-electron chi connectivity index (χ2n) is 15.3. The lowest BCUT2D eigenvalue weighted by molar-refractivity contribution is 0.0161. The van der Waals surface area contributed by atoms with Crippen molar-refractivity contribution in [1.29, 1.82) is 0 Å². The molecule has 2 aliphatic heterocycles. The van der Waals surface area contributed by atoms with Crippen molar-refractivity contribution in [3.63, 3.8) is 0 Å². The van der Waals surface area contributed by atoms with Crippen LogP contribution in [0.2, 0.25) is 0 Å². The van der Waals surface area contributed by atoms with Crippen molar-refractivity contribution in [2.45, 2.75) is 95.5 Å². The molecule has 7 rings (SSSR count). The summed E-state index contributed by atoms with van der Waals surface area (Å²) in [5.74, 6) is 0.171. The summed E-state index contributed by atoms with van der Waals surface area (Å²) in [4.78, 5) is 35.6. The number of rotatable bonds is 5. The second kappa shape index (κ2) is 14.0. The minimum atomic E-state index is -4.17. The number of ether oxygens (including phenoxy) is 2. The predicted molar refractivity (Wildman–Crippen MR) is 194 cm³/mol. The van der Waals surface area contributed by atoms with Crippen molar-refractivity contribution < 1.29 is 22.7 Å². The van der Waals surface area contributed by atoms with Gasteiger partial charge < -0.3 is 14.4 Å². The van der Waals surface area contributed by atoms with E-state index in [9.17, 15) is 13.2 Å². The molecule has 1 N–H and O–H groups in total. The van der Waals surface area contributed by atoms with Gasteiger partial charge in [0.2, 0.25) is 11.8 Å². The van der Waals surface area contributed by atoms with Gasteiger partial charge >= 0.3 is 0 Å². The van der Waals surface area contributed by atoms with Crippen LogP contribution in [0, 0.1) is 19.3 Å². The average molecular weight is 711 g/mol. The van der Waals surface area contributed by atoms with Crippen LogP contribution < -0.4 is 9.46 Å². The van der Waals surface area contributed by atoms with E-state index in [0.29, 0.717) is 18.0 Å². The quantitative estimate of drug-likeness (QED) is 0.236. The summed E-state index contributed by atoms with van der Waals surface area (Å²) >= 11 is 0. The van der Waals surface area contributed by atoms with Crippen LogP contribution in [0.25, 0.3) is 11.3 Å². The number of carbonyl (C=O) groups is 1. The Morgan fingerprint density at radius 3 is 2.27 bits per heavy atom. The molecule has 1 saturated carbocycles. The molecule has 2 aromatic heterocycles. The van der Waals surface area contributed by atoms with Gasteiger partial charge in [0.1, 0.15) is 6.61 Å². The van der Waals surface area contributed by atoms with Crippen molar-refractivity contribution in [2.75, 3.05) is 24.5 Å². The number of anilines is 1. The van der Waals surface area contributed by atoms with Crippen LogP contribution in [-0.4, -0.2) is 71.1 Å². The standard InChI is InChI=1S/C39H46N6O5S/c1-24-8-6-9-25(2)36(24)31-19-35-43-38(42-31)44-51(47,48)29-11-7-10-27(18-29)37(46)45(28(23-50-35)20-39(3,4)5)34-13-12-30(34)33-22-40-32(21-41-33)26-14-16-49-17-15-26/h6-11,18-19,21-22,26,28,30,34H,12-17,20,23H2,1-5H3,(H,42,43,44)/t28-,30?,34?/m1/s1. The Bertz CT molecular complexity index is 2000. The number of nitrogens with zero attached hydrogens (tertiary/aromatic N) is 5. The minimum Gasteiger partial charge on any atom is -0.475 e. The van der Waals surface area contributed by atoms with Crippen molar-refractivity contribution in [3.8, 4) is 17.1 Å². The van der Waals surface area contributed by atoms with E-state index in [1.165, 1.54) is 12.1 Å². The number of amides is 1. The van der Waals surface area contributed by atoms with E-state index in [2.05, 4.69) is 35.5 Å². The highest BCUT2D eigenvalue weighted by molar-refractivity contribution is 7.92. The van der Waals surface area contributed by atoms with E-state index in [4.69, 9.17) is 19.4 Å². The normalized spacial score (nSPS) is 22.4. The summed E-state index contributed by atoms with van der Waals surface area (Å²) in [6.45, 7) is 12.0. The zero-order chi connectivity index (χ0) is 35.9. The molecular weight excluding hydrogens is 665 g/mol. The third-order valence-corrected chi connectivity index (χ3v) is 11.6. The number of carbonyl (C=O) groups excluding carboxylic acids is 1. The van der Waals surface area contributed by atoms with Gasteiger partial charge in [0.15, 0.2) is 0 Å². The number of hydrogen-bond donors (Lipinski definition) is 1. The van der Waals surface area contributed by atoms with Crippen LogP contribution in [0.5, 0.6) is 5.88 Å². The smallest absolute Gasteiger partial charge is 0.264 e. The molecule has 2 fully saturated rings. The summed E-state index contributed by atoms with van der Waals surface area (Å²) in [7, 11) is -4.17. The van der Waals surface area contributed by atoms with Gasteiger partial charge in [0.05, 0.1) is 28.0 Å². The first-order valence-corrected chi connectivity index (χ1v) is 19.3. The molecule has 0 radical (unpaired) electrons. The Morgan fingerprint density at radius 2 is 1.61 bits per heavy atom. The summed E-state index contributed by atoms with van der Waals surface area (Å²) in [5, 5.41) is 0. The highest BCUT2D eigenvalue weighted by atomic mass is 32.2. The third kappa shape index (κ3) is 7.48. The monoisotopic (exact) mass is 710 g/mol. The Morgan fingerprint density at radius 1 is 0.902 bits per heavy atom. The molecule has 4 bridgehead atoms. The van der Waals surface area contributed by atoms with Gasteiger partial charge in [-0.25, -0.2) is 18.1 Å². The van der Waals surface area contributed by atoms with Gasteiger partial charge in [-0.3, -0.25) is 14.8 Å². The number of sulfonamides is 1. The molecule has 12 heteroatoms. The lowest BCUT2D eigenvalue weighted by Gasteiger charge is -2.48. The van der Waals surface area contributed by atoms with Gasteiger partial charge in [0.25, 0.3) is 15.9 Å². The fourth-order valence-electron chi connectivity index (χ4n) is 7.63. The maximum atomic E-state index is 14.8. The van der Waals surface area contributed by atoms with Crippen LogP contribution in [-0.2, 0) is 14.8 Å². The summed E-state index contributed by atoms with van der Waals surface area (Å²) < 4.78 is 42.2. The van der Waals surface area contributed by atoms with E-state index in [1.807, 2.05) is 49.3 Å². The summed E-state index contributed by atoms with van der Waals surface area (Å²) in [5.41, 5.74) is 5.34. The van der Waals surface area contributed by atoms with Crippen LogP contribution in [0.4, 0.5) is 5.95 Å². The second-order valence-corrected chi connectivity index (χ2v) is 16.9. The van der Waals surface area contributed by atoms with E-state index in [1.54, 1.807) is 18.2 Å². The van der Waals surface area contributed by atoms with Gasteiger partial charge in [-0.1, -0.05) is 45.0 Å². The molecule has 1 saturated heterocycles. The molecule has 4 heterocycles. The first kappa shape index (κ1) is 35.0. The number of nitrogens with one attached hydrogen (secondary N) is 1. The number of fused-ring (bicyclic) bond motifs is 4. The Balaban J connectivity index is 1.30. The van der Waals surface area contributed by atoms with Gasteiger partial charge in [-0.2, -0.15) is 4.98 Å². The van der Waals surface area contributed by atoms with Gasteiger partial charge in [-0.05, 0) is 80.7 Å². The molecule has 3 aliphatic rings. The molecule has 51 heavy (non-hydrogen) atoms. The third-order valence-electron chi connectivity index (χ3n) is 10.3. The largest absolute Gasteiger partial charge is 0.475 e. The molecule has 1 amide bonds. The van der Waals surface area contributed by atoms with E-state index in [-0.39, 0.29) is 58.2 Å². The maximum absolute atomic E-state index is 14.8. The van der Waals surface area contributed by atoms with Crippen molar-refractivity contribution in [3.05, 3.63) is 89.0 Å². The van der Waals surface area contributed by atoms with E-state index in [0.717, 1.165) is 67.0 Å². The molecule has 2 aromatic carbocycles. The van der Waals surface area contributed by atoms with Crippen LogP contribution >= 0.6 is 0 Å². The molecule has 2 unspecified atom stereocenters. The van der Waals surface area contributed by atoms with Crippen molar-refractivity contribution in [2.24, 2.45) is 5.41 Å². The molecule has 1 aliphatic carbocycles. The van der Waals surface area contributed by atoms with Crippen LogP contribution in [0.15, 0.2) is 65.8 Å². The number of aryl methyl sites for hydroxylation is 2. The lowest BCUT2D eigenvalue weighted by Crippen LogP contribution is -2.56. The number of benzene rings is 2. The minimum absolute atomic E-state index is 0.0294. The molecule has 11 nitrogen and oxygen atoms in total. The Kier molecular flexibility index (Phi) is 9.57. The first-order valence-electron chi connectivity index (χ1n) is 17.8. The zero-order valence-electron chi connectivity index (χ0n) is 29.9. The SMILES string of the molecule is Cc1cccc(C)c1-c1cc2nc(n1)NS(=O)(=O)c1cccc(c1)C(=O)N(C1CCC1c1cnc(C3CCOCC3)cn1)[C@H](CC(C)(C)C)CO2.